The summed E-state index contributed by atoms with van der Waals surface area (Å²) < 4.78 is 18.6. The average molecular weight is 454 g/mol. The van der Waals surface area contributed by atoms with E-state index in [4.69, 9.17) is 14.2 Å². The lowest BCUT2D eigenvalue weighted by Crippen LogP contribution is -2.33. The molecule has 2 amide bonds. The fraction of sp³-hybridized carbons (Fsp3) is 0.360. The summed E-state index contributed by atoms with van der Waals surface area (Å²) in [5.41, 5.74) is 1.71. The first-order valence-electron chi connectivity index (χ1n) is 11.1. The number of para-hydroxylation sites is 1. The molecule has 3 rings (SSSR count). The van der Waals surface area contributed by atoms with Crippen molar-refractivity contribution < 1.29 is 23.8 Å². The molecule has 0 atom stereocenters. The van der Waals surface area contributed by atoms with Crippen molar-refractivity contribution in [3.05, 3.63) is 54.2 Å². The minimum atomic E-state index is -0.470. The zero-order valence-electron chi connectivity index (χ0n) is 19.6. The third kappa shape index (κ3) is 5.46. The molecule has 0 aliphatic rings. The van der Waals surface area contributed by atoms with Gasteiger partial charge in [0, 0.05) is 37.8 Å². The molecule has 0 radical (unpaired) electrons. The van der Waals surface area contributed by atoms with E-state index in [-0.39, 0.29) is 11.7 Å². The number of methoxy groups -OCH3 is 1. The van der Waals surface area contributed by atoms with Crippen molar-refractivity contribution in [2.45, 2.75) is 27.3 Å². The molecule has 0 bridgehead atoms. The highest BCUT2D eigenvalue weighted by Crippen LogP contribution is 2.35. The molecule has 176 valence electrons. The summed E-state index contributed by atoms with van der Waals surface area (Å²) in [6, 6.07) is 12.5. The lowest BCUT2D eigenvalue weighted by atomic mass is 10.1. The number of nitrogens with zero attached hydrogens (tertiary/aromatic N) is 2. The maximum absolute atomic E-state index is 13.2. The molecule has 3 aromatic rings. The molecule has 8 heteroatoms. The number of anilines is 1. The minimum absolute atomic E-state index is 0.283. The van der Waals surface area contributed by atoms with E-state index in [0.717, 1.165) is 10.9 Å². The summed E-state index contributed by atoms with van der Waals surface area (Å²) in [5.74, 6) is 0.380. The molecule has 0 aliphatic carbocycles. The average Bonchev–Trinajstić information content (AvgIpc) is 3.24. The van der Waals surface area contributed by atoms with Crippen LogP contribution in [0, 0.1) is 0 Å². The predicted octanol–water partition coefficient (Wildman–Crippen LogP) is 4.78. The van der Waals surface area contributed by atoms with E-state index >= 15 is 0 Å². The number of ether oxygens (including phenoxy) is 3. The van der Waals surface area contributed by atoms with Gasteiger partial charge in [0.05, 0.1) is 30.5 Å². The van der Waals surface area contributed by atoms with Crippen LogP contribution in [-0.4, -0.2) is 54.9 Å². The Morgan fingerprint density at radius 3 is 2.45 bits per heavy atom. The largest absolute Gasteiger partial charge is 0.496 e. The van der Waals surface area contributed by atoms with Crippen LogP contribution in [0.25, 0.3) is 10.9 Å². The smallest absolute Gasteiger partial charge is 0.415 e. The Labute approximate surface area is 194 Å². The van der Waals surface area contributed by atoms with Crippen molar-refractivity contribution in [2.75, 3.05) is 38.7 Å². The van der Waals surface area contributed by atoms with Crippen molar-refractivity contribution in [1.29, 1.82) is 0 Å². The number of carbonyl (C=O) groups is 2. The molecule has 33 heavy (non-hydrogen) atoms. The third-order valence-corrected chi connectivity index (χ3v) is 5.40. The van der Waals surface area contributed by atoms with Crippen LogP contribution >= 0.6 is 0 Å². The van der Waals surface area contributed by atoms with Crippen LogP contribution in [0.3, 0.4) is 0 Å². The van der Waals surface area contributed by atoms with E-state index in [1.165, 1.54) is 7.11 Å². The first-order chi connectivity index (χ1) is 16.0. The second kappa shape index (κ2) is 11.4. The maximum Gasteiger partial charge on any atom is 0.415 e. The number of aromatic nitrogens is 1. The van der Waals surface area contributed by atoms with Gasteiger partial charge in [0.2, 0.25) is 0 Å². The summed E-state index contributed by atoms with van der Waals surface area (Å²) in [6.07, 6.45) is 1.46. The van der Waals surface area contributed by atoms with E-state index in [1.807, 2.05) is 43.7 Å². The Kier molecular flexibility index (Phi) is 8.32. The van der Waals surface area contributed by atoms with Gasteiger partial charge in [-0.15, -0.1) is 0 Å². The molecule has 0 spiro atoms. The molecule has 0 saturated carbocycles. The Bertz CT molecular complexity index is 1100. The highest BCUT2D eigenvalue weighted by molar-refractivity contribution is 6.11. The van der Waals surface area contributed by atoms with E-state index < -0.39 is 6.09 Å². The lowest BCUT2D eigenvalue weighted by molar-refractivity contribution is 0.102. The zero-order chi connectivity index (χ0) is 23.8. The van der Waals surface area contributed by atoms with Gasteiger partial charge in [-0.05, 0) is 51.1 Å². The molecule has 0 unspecified atom stereocenters. The SMILES string of the molecule is CCOCCn1ccc2c(NC(=O)c3ccccc3OC)c(OC(=O)N(CC)CC)ccc21. The first-order valence-corrected chi connectivity index (χ1v) is 11.1. The van der Waals surface area contributed by atoms with Gasteiger partial charge in [0.1, 0.15) is 5.75 Å². The quantitative estimate of drug-likeness (QED) is 0.447. The summed E-state index contributed by atoms with van der Waals surface area (Å²) in [6.45, 7) is 8.65. The van der Waals surface area contributed by atoms with Crippen LogP contribution in [0.4, 0.5) is 10.5 Å². The van der Waals surface area contributed by atoms with Gasteiger partial charge >= 0.3 is 6.09 Å². The predicted molar refractivity (Wildman–Crippen MR) is 128 cm³/mol. The molecule has 0 aliphatic heterocycles. The lowest BCUT2D eigenvalue weighted by Gasteiger charge is -2.20. The van der Waals surface area contributed by atoms with Crippen LogP contribution in [0.2, 0.25) is 0 Å². The molecule has 8 nitrogen and oxygen atoms in total. The third-order valence-electron chi connectivity index (χ3n) is 5.40. The highest BCUT2D eigenvalue weighted by atomic mass is 16.6. The number of hydrogen-bond donors (Lipinski definition) is 1. The van der Waals surface area contributed by atoms with Gasteiger partial charge in [0.15, 0.2) is 5.75 Å². The number of fused-ring (bicyclic) bond motifs is 1. The summed E-state index contributed by atoms with van der Waals surface area (Å²) in [5, 5.41) is 3.71. The first kappa shape index (κ1) is 24.1. The number of amides is 2. The highest BCUT2D eigenvalue weighted by Gasteiger charge is 2.21. The summed E-state index contributed by atoms with van der Waals surface area (Å²) in [7, 11) is 1.52. The molecule has 1 heterocycles. The van der Waals surface area contributed by atoms with Crippen LogP contribution in [-0.2, 0) is 11.3 Å². The van der Waals surface area contributed by atoms with Gasteiger partial charge in [-0.25, -0.2) is 4.79 Å². The Morgan fingerprint density at radius 2 is 1.76 bits per heavy atom. The number of nitrogens with one attached hydrogen (secondary N) is 1. The van der Waals surface area contributed by atoms with E-state index in [1.54, 1.807) is 35.2 Å². The standard InChI is InChI=1S/C25H31N3O5/c1-5-27(6-2)25(30)33-22-13-12-20-18(14-15-28(20)16-17-32-7-3)23(22)26-24(29)19-10-8-9-11-21(19)31-4/h8-15H,5-7,16-17H2,1-4H3,(H,26,29). The molecule has 0 saturated heterocycles. The minimum Gasteiger partial charge on any atom is -0.496 e. The Balaban J connectivity index is 2.01. The Hall–Kier alpha value is -3.52. The van der Waals surface area contributed by atoms with E-state index in [2.05, 4.69) is 5.32 Å². The van der Waals surface area contributed by atoms with Crippen LogP contribution in [0.15, 0.2) is 48.7 Å². The summed E-state index contributed by atoms with van der Waals surface area (Å²) in [4.78, 5) is 27.4. The van der Waals surface area contributed by atoms with Crippen LogP contribution < -0.4 is 14.8 Å². The van der Waals surface area contributed by atoms with Gasteiger partial charge in [-0.2, -0.15) is 0 Å². The zero-order valence-corrected chi connectivity index (χ0v) is 19.6. The normalized spacial score (nSPS) is 10.8. The van der Waals surface area contributed by atoms with Crippen molar-refractivity contribution in [3.63, 3.8) is 0 Å². The molecular weight excluding hydrogens is 422 g/mol. The van der Waals surface area contributed by atoms with Crippen molar-refractivity contribution in [3.8, 4) is 11.5 Å². The van der Waals surface area contributed by atoms with Crippen LogP contribution in [0.5, 0.6) is 11.5 Å². The fourth-order valence-electron chi connectivity index (χ4n) is 3.62. The number of carbonyl (C=O) groups excluding carboxylic acids is 2. The van der Waals surface area contributed by atoms with Crippen molar-refractivity contribution in [2.24, 2.45) is 0 Å². The number of benzene rings is 2. The molecule has 0 fully saturated rings. The topological polar surface area (TPSA) is 82.0 Å². The fourth-order valence-corrected chi connectivity index (χ4v) is 3.62. The van der Waals surface area contributed by atoms with Crippen molar-refractivity contribution >= 4 is 28.6 Å². The Morgan fingerprint density at radius 1 is 1.00 bits per heavy atom. The van der Waals surface area contributed by atoms with Crippen LogP contribution in [0.1, 0.15) is 31.1 Å². The second-order valence-electron chi connectivity index (χ2n) is 7.27. The molecule has 1 aromatic heterocycles. The molecule has 1 N–H and O–H groups in total. The summed E-state index contributed by atoms with van der Waals surface area (Å²) >= 11 is 0. The maximum atomic E-state index is 13.2. The van der Waals surface area contributed by atoms with Crippen molar-refractivity contribution in [1.82, 2.24) is 9.47 Å². The molecule has 2 aromatic carbocycles. The monoisotopic (exact) mass is 453 g/mol. The van der Waals surface area contributed by atoms with Gasteiger partial charge in [0.25, 0.3) is 5.91 Å². The second-order valence-corrected chi connectivity index (χ2v) is 7.27. The number of hydrogen-bond acceptors (Lipinski definition) is 5. The van der Waals surface area contributed by atoms with Gasteiger partial charge in [-0.3, -0.25) is 4.79 Å². The molecular formula is C25H31N3O5. The van der Waals surface area contributed by atoms with E-state index in [0.29, 0.717) is 49.8 Å². The van der Waals surface area contributed by atoms with E-state index in [9.17, 15) is 9.59 Å². The number of rotatable bonds is 10. The van der Waals surface area contributed by atoms with Gasteiger partial charge < -0.3 is 29.0 Å². The van der Waals surface area contributed by atoms with Gasteiger partial charge in [-0.1, -0.05) is 12.1 Å².